The van der Waals surface area contributed by atoms with Gasteiger partial charge in [-0.15, -0.1) is 0 Å². The molecular formula is C20H26N4O2. The Bertz CT molecular complexity index is 759. The lowest BCUT2D eigenvalue weighted by Crippen LogP contribution is -2.39. The van der Waals surface area contributed by atoms with Gasteiger partial charge in [-0.05, 0) is 42.7 Å². The maximum Gasteiger partial charge on any atom is 0.193 e. The molecule has 0 saturated carbocycles. The highest BCUT2D eigenvalue weighted by Gasteiger charge is 2.13. The molecule has 0 spiro atoms. The molecule has 0 radical (unpaired) electrons. The molecular weight excluding hydrogens is 328 g/mol. The highest BCUT2D eigenvalue weighted by Crippen LogP contribution is 2.31. The molecule has 3 rings (SSSR count). The summed E-state index contributed by atoms with van der Waals surface area (Å²) in [7, 11) is 3.83. The van der Waals surface area contributed by atoms with Crippen molar-refractivity contribution in [1.29, 1.82) is 0 Å². The number of rotatable bonds is 5. The number of benzene rings is 1. The number of aryl methyl sites for hydroxylation is 1. The Balaban J connectivity index is 1.53. The monoisotopic (exact) mass is 354 g/mol. The minimum Gasteiger partial charge on any atom is -0.486 e. The number of pyridine rings is 1. The number of ether oxygens (including phenoxy) is 2. The predicted molar refractivity (Wildman–Crippen MR) is 103 cm³/mol. The summed E-state index contributed by atoms with van der Waals surface area (Å²) in [5.41, 5.74) is 3.41. The van der Waals surface area contributed by atoms with E-state index in [1.54, 1.807) is 7.05 Å². The van der Waals surface area contributed by atoms with Crippen LogP contribution in [0.3, 0.4) is 0 Å². The molecule has 0 amide bonds. The van der Waals surface area contributed by atoms with Crippen LogP contribution in [0.1, 0.15) is 16.8 Å². The van der Waals surface area contributed by atoms with E-state index in [2.05, 4.69) is 32.3 Å². The van der Waals surface area contributed by atoms with Gasteiger partial charge in [0.2, 0.25) is 0 Å². The van der Waals surface area contributed by atoms with Gasteiger partial charge in [0.05, 0.1) is 0 Å². The maximum atomic E-state index is 5.66. The average Bonchev–Trinajstić information content (AvgIpc) is 2.66. The van der Waals surface area contributed by atoms with Gasteiger partial charge in [-0.25, -0.2) is 0 Å². The van der Waals surface area contributed by atoms with Gasteiger partial charge in [-0.1, -0.05) is 12.1 Å². The van der Waals surface area contributed by atoms with Crippen molar-refractivity contribution < 1.29 is 9.47 Å². The van der Waals surface area contributed by atoms with Crippen molar-refractivity contribution in [3.8, 4) is 11.5 Å². The van der Waals surface area contributed by atoms with Gasteiger partial charge in [0, 0.05) is 39.1 Å². The van der Waals surface area contributed by atoms with Crippen molar-refractivity contribution in [3.05, 3.63) is 53.3 Å². The lowest BCUT2D eigenvalue weighted by atomic mass is 10.2. The van der Waals surface area contributed by atoms with Gasteiger partial charge in [0.25, 0.3) is 0 Å². The summed E-state index contributed by atoms with van der Waals surface area (Å²) in [5.74, 6) is 2.49. The van der Waals surface area contributed by atoms with Crippen LogP contribution in [0.5, 0.6) is 11.5 Å². The molecule has 1 aliphatic heterocycles. The molecule has 6 nitrogen and oxygen atoms in total. The summed E-state index contributed by atoms with van der Waals surface area (Å²) in [4.78, 5) is 10.8. The van der Waals surface area contributed by atoms with Crippen molar-refractivity contribution in [1.82, 2.24) is 15.2 Å². The van der Waals surface area contributed by atoms with Crippen molar-refractivity contribution in [2.75, 3.05) is 33.9 Å². The molecule has 1 aliphatic rings. The molecule has 1 aromatic carbocycles. The number of nitrogens with one attached hydrogen (secondary N) is 1. The molecule has 26 heavy (non-hydrogen) atoms. The SMILES string of the molecule is CN=C(NCCc1ccc(C)nc1)N(C)Cc1ccc2c(c1)OCCO2. The molecule has 2 heterocycles. The molecule has 1 N–H and O–H groups in total. The smallest absolute Gasteiger partial charge is 0.193 e. The fraction of sp³-hybridized carbons (Fsp3) is 0.400. The zero-order valence-electron chi connectivity index (χ0n) is 15.7. The van der Waals surface area contributed by atoms with Crippen LogP contribution in [0.25, 0.3) is 0 Å². The van der Waals surface area contributed by atoms with E-state index in [9.17, 15) is 0 Å². The molecule has 138 valence electrons. The Hall–Kier alpha value is -2.76. The maximum absolute atomic E-state index is 5.66. The molecule has 0 unspecified atom stereocenters. The molecule has 1 aromatic heterocycles. The first-order valence-electron chi connectivity index (χ1n) is 8.87. The number of fused-ring (bicyclic) bond motifs is 1. The van der Waals surface area contributed by atoms with Gasteiger partial charge < -0.3 is 19.7 Å². The number of hydrogen-bond acceptors (Lipinski definition) is 4. The molecule has 2 aromatic rings. The van der Waals surface area contributed by atoms with Crippen LogP contribution in [0.4, 0.5) is 0 Å². The van der Waals surface area contributed by atoms with Gasteiger partial charge in [-0.3, -0.25) is 9.98 Å². The van der Waals surface area contributed by atoms with Crippen LogP contribution in [0.15, 0.2) is 41.5 Å². The van der Waals surface area contributed by atoms with Crippen molar-refractivity contribution in [3.63, 3.8) is 0 Å². The van der Waals surface area contributed by atoms with Gasteiger partial charge in [0.1, 0.15) is 13.2 Å². The summed E-state index contributed by atoms with van der Waals surface area (Å²) >= 11 is 0. The number of aromatic nitrogens is 1. The van der Waals surface area contributed by atoms with Gasteiger partial charge in [0.15, 0.2) is 17.5 Å². The first-order chi connectivity index (χ1) is 12.7. The summed E-state index contributed by atoms with van der Waals surface area (Å²) in [5, 5.41) is 3.41. The van der Waals surface area contributed by atoms with E-state index in [0.29, 0.717) is 13.2 Å². The zero-order chi connectivity index (χ0) is 18.4. The summed E-state index contributed by atoms with van der Waals surface area (Å²) in [6.45, 7) is 4.75. The summed E-state index contributed by atoms with van der Waals surface area (Å²) in [6, 6.07) is 10.2. The van der Waals surface area contributed by atoms with Crippen LogP contribution < -0.4 is 14.8 Å². The Morgan fingerprint density at radius 2 is 1.92 bits per heavy atom. The summed E-state index contributed by atoms with van der Waals surface area (Å²) < 4.78 is 11.2. The molecule has 0 fully saturated rings. The fourth-order valence-electron chi connectivity index (χ4n) is 2.88. The molecule has 0 atom stereocenters. The fourth-order valence-corrected chi connectivity index (χ4v) is 2.88. The topological polar surface area (TPSA) is 59.0 Å². The number of aliphatic imine (C=N–C) groups is 1. The van der Waals surface area contributed by atoms with Crippen LogP contribution in [-0.2, 0) is 13.0 Å². The largest absolute Gasteiger partial charge is 0.486 e. The number of nitrogens with zero attached hydrogens (tertiary/aromatic N) is 3. The minimum atomic E-state index is 0.601. The molecule has 0 aliphatic carbocycles. The second kappa shape index (κ2) is 8.56. The van der Waals surface area contributed by atoms with Crippen molar-refractivity contribution in [2.45, 2.75) is 19.9 Å². The van der Waals surface area contributed by atoms with Crippen LogP contribution in [0.2, 0.25) is 0 Å². The van der Waals surface area contributed by atoms with Crippen molar-refractivity contribution in [2.24, 2.45) is 4.99 Å². The highest BCUT2D eigenvalue weighted by atomic mass is 16.6. The van der Waals surface area contributed by atoms with E-state index in [1.165, 1.54) is 5.56 Å². The second-order valence-electron chi connectivity index (χ2n) is 6.37. The standard InChI is InChI=1S/C20H26N4O2/c1-15-4-5-16(13-23-15)8-9-22-20(21-2)24(3)14-17-6-7-18-19(12-17)26-11-10-25-18/h4-7,12-13H,8-11,14H2,1-3H3,(H,21,22). The van der Waals surface area contributed by atoms with Crippen LogP contribution >= 0.6 is 0 Å². The number of guanidine groups is 1. The Kier molecular flexibility index (Phi) is 5.94. The molecule has 0 bridgehead atoms. The van der Waals surface area contributed by atoms with Gasteiger partial charge in [-0.2, -0.15) is 0 Å². The van der Waals surface area contributed by atoms with E-state index in [4.69, 9.17) is 9.47 Å². The van der Waals surface area contributed by atoms with E-state index in [-0.39, 0.29) is 0 Å². The number of hydrogen-bond donors (Lipinski definition) is 1. The minimum absolute atomic E-state index is 0.601. The highest BCUT2D eigenvalue weighted by molar-refractivity contribution is 5.79. The van der Waals surface area contributed by atoms with Crippen molar-refractivity contribution >= 4 is 5.96 Å². The summed E-state index contributed by atoms with van der Waals surface area (Å²) in [6.07, 6.45) is 2.84. The van der Waals surface area contributed by atoms with E-state index >= 15 is 0 Å². The third-order valence-electron chi connectivity index (χ3n) is 4.27. The average molecular weight is 354 g/mol. The third kappa shape index (κ3) is 4.65. The molecule has 6 heteroatoms. The normalized spacial score (nSPS) is 13.4. The lowest BCUT2D eigenvalue weighted by molar-refractivity contribution is 0.171. The van der Waals surface area contributed by atoms with Crippen LogP contribution in [-0.4, -0.2) is 49.7 Å². The zero-order valence-corrected chi connectivity index (χ0v) is 15.7. The lowest BCUT2D eigenvalue weighted by Gasteiger charge is -2.24. The van der Waals surface area contributed by atoms with E-state index in [1.807, 2.05) is 38.4 Å². The Morgan fingerprint density at radius 1 is 1.15 bits per heavy atom. The Labute approximate surface area is 154 Å². The third-order valence-corrected chi connectivity index (χ3v) is 4.27. The van der Waals surface area contributed by atoms with Gasteiger partial charge >= 0.3 is 0 Å². The predicted octanol–water partition coefficient (Wildman–Crippen LogP) is 2.41. The van der Waals surface area contributed by atoms with Crippen LogP contribution in [0, 0.1) is 6.92 Å². The first kappa shape index (κ1) is 18.0. The second-order valence-corrected chi connectivity index (χ2v) is 6.37. The van der Waals surface area contributed by atoms with E-state index in [0.717, 1.165) is 48.2 Å². The Morgan fingerprint density at radius 3 is 2.65 bits per heavy atom. The first-order valence-corrected chi connectivity index (χ1v) is 8.87. The quantitative estimate of drug-likeness (QED) is 0.660. The molecule has 0 saturated heterocycles. The van der Waals surface area contributed by atoms with E-state index < -0.39 is 0 Å².